The van der Waals surface area contributed by atoms with Crippen molar-refractivity contribution in [1.82, 2.24) is 25.4 Å². The number of hydrogen-bond acceptors (Lipinski definition) is 6. The molecule has 3 N–H and O–H groups in total. The summed E-state index contributed by atoms with van der Waals surface area (Å²) in [6.07, 6.45) is 3.77. The molecule has 0 bridgehead atoms. The van der Waals surface area contributed by atoms with E-state index in [0.29, 0.717) is 18.8 Å². The molecule has 0 radical (unpaired) electrons. The average molecular weight is 480 g/mol. The maximum Gasteiger partial charge on any atom is 0.325 e. The minimum Gasteiger partial charge on any atom is -0.323 e. The van der Waals surface area contributed by atoms with E-state index in [1.165, 1.54) is 38.4 Å². The standard InChI is InChI=1S/C21H29N5O6S/c1-4-14-8-10-21(11-9-14)19(29)26(20(30)22-21)13-17(27)23-24-18(28)15-6-5-7-16(12-15)33(31,32)25(2)3/h5-7,12,14H,4,8-11,13H2,1-3H3,(H,22,30)(H,23,27)(H,24,28). The van der Waals surface area contributed by atoms with Crippen molar-refractivity contribution in [3.8, 4) is 0 Å². The number of amides is 5. The second kappa shape index (κ2) is 9.48. The van der Waals surface area contributed by atoms with Gasteiger partial charge >= 0.3 is 6.03 Å². The molecule has 0 unspecified atom stereocenters. The lowest BCUT2D eigenvalue weighted by molar-refractivity contribution is -0.136. The highest BCUT2D eigenvalue weighted by molar-refractivity contribution is 7.89. The van der Waals surface area contributed by atoms with Crippen LogP contribution in [0.4, 0.5) is 4.79 Å². The molecular weight excluding hydrogens is 450 g/mol. The molecule has 1 heterocycles. The number of sulfonamides is 1. The largest absolute Gasteiger partial charge is 0.325 e. The minimum atomic E-state index is -3.73. The monoisotopic (exact) mass is 479 g/mol. The van der Waals surface area contributed by atoms with E-state index in [9.17, 15) is 27.6 Å². The summed E-state index contributed by atoms with van der Waals surface area (Å²) >= 11 is 0. The van der Waals surface area contributed by atoms with Crippen molar-refractivity contribution in [2.75, 3.05) is 20.6 Å². The van der Waals surface area contributed by atoms with Crippen molar-refractivity contribution < 1.29 is 27.6 Å². The molecule has 1 aromatic rings. The zero-order chi connectivity index (χ0) is 24.4. The second-order valence-electron chi connectivity index (χ2n) is 8.57. The van der Waals surface area contributed by atoms with E-state index in [-0.39, 0.29) is 10.5 Å². The van der Waals surface area contributed by atoms with Gasteiger partial charge in [-0.1, -0.05) is 19.4 Å². The first-order valence-corrected chi connectivity index (χ1v) is 12.2. The van der Waals surface area contributed by atoms with E-state index in [4.69, 9.17) is 0 Å². The van der Waals surface area contributed by atoms with Gasteiger partial charge < -0.3 is 5.32 Å². The summed E-state index contributed by atoms with van der Waals surface area (Å²) in [4.78, 5) is 50.7. The molecule has 0 atom stereocenters. The third kappa shape index (κ3) is 5.01. The summed E-state index contributed by atoms with van der Waals surface area (Å²) in [5.41, 5.74) is 3.40. The van der Waals surface area contributed by atoms with Gasteiger partial charge in [0.15, 0.2) is 0 Å². The molecule has 1 saturated heterocycles. The third-order valence-corrected chi connectivity index (χ3v) is 8.09. The number of urea groups is 1. The van der Waals surface area contributed by atoms with Crippen molar-refractivity contribution in [2.45, 2.75) is 49.5 Å². The Kier molecular flexibility index (Phi) is 7.08. The highest BCUT2D eigenvalue weighted by Gasteiger charge is 2.52. The number of rotatable bonds is 6. The van der Waals surface area contributed by atoms with Gasteiger partial charge in [-0.3, -0.25) is 30.1 Å². The Morgan fingerprint density at radius 3 is 2.45 bits per heavy atom. The van der Waals surface area contributed by atoms with E-state index < -0.39 is 45.9 Å². The summed E-state index contributed by atoms with van der Waals surface area (Å²) < 4.78 is 25.5. The lowest BCUT2D eigenvalue weighted by Crippen LogP contribution is -2.51. The van der Waals surface area contributed by atoms with Gasteiger partial charge in [0.1, 0.15) is 12.1 Å². The molecule has 5 amide bonds. The molecule has 2 aliphatic rings. The molecule has 2 fully saturated rings. The normalized spacial score (nSPS) is 23.0. The number of benzene rings is 1. The van der Waals surface area contributed by atoms with Gasteiger partial charge in [-0.25, -0.2) is 17.5 Å². The lowest BCUT2D eigenvalue weighted by Gasteiger charge is -2.34. The molecule has 1 spiro atoms. The van der Waals surface area contributed by atoms with E-state index in [2.05, 4.69) is 23.1 Å². The predicted octanol–water partition coefficient (Wildman–Crippen LogP) is 0.589. The van der Waals surface area contributed by atoms with Gasteiger partial charge in [0.2, 0.25) is 10.0 Å². The predicted molar refractivity (Wildman–Crippen MR) is 118 cm³/mol. The molecule has 1 aliphatic carbocycles. The highest BCUT2D eigenvalue weighted by Crippen LogP contribution is 2.37. The van der Waals surface area contributed by atoms with Crippen molar-refractivity contribution in [3.63, 3.8) is 0 Å². The van der Waals surface area contributed by atoms with Crippen LogP contribution in [0.5, 0.6) is 0 Å². The van der Waals surface area contributed by atoms with Crippen LogP contribution in [-0.4, -0.2) is 67.6 Å². The van der Waals surface area contributed by atoms with Gasteiger partial charge in [0, 0.05) is 19.7 Å². The SMILES string of the molecule is CCC1CCC2(CC1)NC(=O)N(CC(=O)NNC(=O)c1cccc(S(=O)(=O)N(C)C)c1)C2=O. The number of carbonyl (C=O) groups is 4. The van der Waals surface area contributed by atoms with Crippen LogP contribution in [-0.2, 0) is 19.6 Å². The van der Waals surface area contributed by atoms with Crippen LogP contribution in [0.25, 0.3) is 0 Å². The number of carbonyl (C=O) groups excluding carboxylic acids is 4. The van der Waals surface area contributed by atoms with Crippen LogP contribution in [0.1, 0.15) is 49.4 Å². The molecule has 180 valence electrons. The second-order valence-corrected chi connectivity index (χ2v) is 10.7. The van der Waals surface area contributed by atoms with E-state index in [1.807, 2.05) is 0 Å². The van der Waals surface area contributed by atoms with Gasteiger partial charge in [0.05, 0.1) is 4.90 Å². The Morgan fingerprint density at radius 2 is 1.85 bits per heavy atom. The zero-order valence-electron chi connectivity index (χ0n) is 18.9. The number of hydrogen-bond donors (Lipinski definition) is 3. The average Bonchev–Trinajstić information content (AvgIpc) is 3.01. The van der Waals surface area contributed by atoms with Crippen LogP contribution >= 0.6 is 0 Å². The van der Waals surface area contributed by atoms with Gasteiger partial charge in [0.25, 0.3) is 17.7 Å². The minimum absolute atomic E-state index is 0.0138. The molecule has 11 nitrogen and oxygen atoms in total. The maximum absolute atomic E-state index is 12.9. The van der Waals surface area contributed by atoms with Crippen LogP contribution in [0, 0.1) is 5.92 Å². The molecule has 1 saturated carbocycles. The number of imide groups is 1. The van der Waals surface area contributed by atoms with Crippen LogP contribution in [0.15, 0.2) is 29.2 Å². The van der Waals surface area contributed by atoms with Crippen molar-refractivity contribution >= 4 is 33.8 Å². The number of hydrazine groups is 1. The van der Waals surface area contributed by atoms with Crippen molar-refractivity contribution in [1.29, 1.82) is 0 Å². The zero-order valence-corrected chi connectivity index (χ0v) is 19.7. The highest BCUT2D eigenvalue weighted by atomic mass is 32.2. The summed E-state index contributed by atoms with van der Waals surface area (Å²) in [6.45, 7) is 1.55. The maximum atomic E-state index is 12.9. The van der Waals surface area contributed by atoms with Crippen molar-refractivity contribution in [2.24, 2.45) is 5.92 Å². The number of nitrogens with one attached hydrogen (secondary N) is 3. The molecule has 33 heavy (non-hydrogen) atoms. The molecule has 12 heteroatoms. The summed E-state index contributed by atoms with van der Waals surface area (Å²) in [7, 11) is -0.988. The summed E-state index contributed by atoms with van der Waals surface area (Å²) in [6, 6.07) is 4.71. The molecule has 1 aromatic carbocycles. The first kappa shape index (κ1) is 24.6. The van der Waals surface area contributed by atoms with Crippen LogP contribution in [0.2, 0.25) is 0 Å². The Labute approximate surface area is 192 Å². The quantitative estimate of drug-likeness (QED) is 0.402. The smallest absolute Gasteiger partial charge is 0.323 e. The fourth-order valence-electron chi connectivity index (χ4n) is 4.13. The topological polar surface area (TPSA) is 145 Å². The Hall–Kier alpha value is -2.99. The summed E-state index contributed by atoms with van der Waals surface area (Å²) in [5, 5.41) is 2.75. The van der Waals surface area contributed by atoms with E-state index in [0.717, 1.165) is 28.5 Å². The lowest BCUT2D eigenvalue weighted by atomic mass is 9.75. The Balaban J connectivity index is 1.58. The van der Waals surface area contributed by atoms with Gasteiger partial charge in [-0.15, -0.1) is 0 Å². The summed E-state index contributed by atoms with van der Waals surface area (Å²) in [5.74, 6) is -1.40. The molecule has 3 rings (SSSR count). The van der Waals surface area contributed by atoms with Crippen LogP contribution < -0.4 is 16.2 Å². The molecule has 1 aliphatic heterocycles. The fraction of sp³-hybridized carbons (Fsp3) is 0.524. The molecule has 0 aromatic heterocycles. The van der Waals surface area contributed by atoms with Gasteiger partial charge in [-0.05, 0) is 49.8 Å². The molecular formula is C21H29N5O6S. The van der Waals surface area contributed by atoms with Crippen molar-refractivity contribution in [3.05, 3.63) is 29.8 Å². The van der Waals surface area contributed by atoms with E-state index in [1.54, 1.807) is 0 Å². The third-order valence-electron chi connectivity index (χ3n) is 6.27. The first-order chi connectivity index (χ1) is 15.5. The number of nitrogens with zero attached hydrogens (tertiary/aromatic N) is 2. The Morgan fingerprint density at radius 1 is 1.18 bits per heavy atom. The Bertz CT molecular complexity index is 1060. The van der Waals surface area contributed by atoms with E-state index >= 15 is 0 Å². The van der Waals surface area contributed by atoms with Crippen LogP contribution in [0.3, 0.4) is 0 Å². The van der Waals surface area contributed by atoms with Gasteiger partial charge in [-0.2, -0.15) is 0 Å². The first-order valence-electron chi connectivity index (χ1n) is 10.8. The fourth-order valence-corrected chi connectivity index (χ4v) is 5.08.